The Labute approximate surface area is 174 Å². The van der Waals surface area contributed by atoms with E-state index in [0.717, 1.165) is 5.56 Å². The van der Waals surface area contributed by atoms with Gasteiger partial charge in [-0.05, 0) is 54.6 Å². The quantitative estimate of drug-likeness (QED) is 0.519. The minimum Gasteiger partial charge on any atom is -0.321 e. The number of amides is 1. The fourth-order valence-electron chi connectivity index (χ4n) is 2.75. The van der Waals surface area contributed by atoms with Gasteiger partial charge in [-0.2, -0.15) is 4.68 Å². The number of hydrogen-bond acceptors (Lipinski definition) is 6. The molecular formula is C19H14ClFN6OS. The molecule has 0 bridgehead atoms. The maximum atomic E-state index is 14.2. The van der Waals surface area contributed by atoms with Gasteiger partial charge < -0.3 is 5.32 Å². The molecule has 1 N–H and O–H groups in total. The van der Waals surface area contributed by atoms with Gasteiger partial charge in [-0.15, -0.1) is 16.4 Å². The predicted octanol–water partition coefficient (Wildman–Crippen LogP) is 4.45. The summed E-state index contributed by atoms with van der Waals surface area (Å²) >= 11 is 7.31. The molecular weight excluding hydrogens is 415 g/mol. The van der Waals surface area contributed by atoms with Gasteiger partial charge in [-0.25, -0.2) is 9.37 Å². The van der Waals surface area contributed by atoms with Crippen molar-refractivity contribution in [1.29, 1.82) is 0 Å². The summed E-state index contributed by atoms with van der Waals surface area (Å²) in [6.45, 7) is 3.42. The number of thiazole rings is 1. The molecule has 0 atom stereocenters. The van der Waals surface area contributed by atoms with Gasteiger partial charge in [0.2, 0.25) is 0 Å². The molecule has 0 saturated carbocycles. The van der Waals surface area contributed by atoms with Crippen LogP contribution in [0.4, 0.5) is 10.1 Å². The number of benzene rings is 2. The third-order valence-corrected chi connectivity index (χ3v) is 5.57. The zero-order valence-electron chi connectivity index (χ0n) is 15.3. The first-order chi connectivity index (χ1) is 13.9. The number of anilines is 1. The average Bonchev–Trinajstić information content (AvgIpc) is 3.29. The number of rotatable bonds is 4. The Hall–Kier alpha value is -3.17. The molecule has 4 aromatic rings. The van der Waals surface area contributed by atoms with E-state index in [-0.39, 0.29) is 11.6 Å². The summed E-state index contributed by atoms with van der Waals surface area (Å²) in [4.78, 5) is 17.7. The monoisotopic (exact) mass is 428 g/mol. The predicted molar refractivity (Wildman–Crippen MR) is 109 cm³/mol. The molecule has 146 valence electrons. The van der Waals surface area contributed by atoms with Crippen LogP contribution in [0.1, 0.15) is 21.2 Å². The summed E-state index contributed by atoms with van der Waals surface area (Å²) in [5, 5.41) is 15.1. The highest BCUT2D eigenvalue weighted by Gasteiger charge is 2.18. The van der Waals surface area contributed by atoms with E-state index in [1.807, 2.05) is 12.1 Å². The van der Waals surface area contributed by atoms with Crippen LogP contribution >= 0.6 is 22.9 Å². The van der Waals surface area contributed by atoms with Gasteiger partial charge in [0.1, 0.15) is 21.4 Å². The molecule has 0 aliphatic carbocycles. The van der Waals surface area contributed by atoms with Crippen LogP contribution in [0.3, 0.4) is 0 Å². The number of carbonyl (C=O) groups excluding carboxylic acids is 1. The summed E-state index contributed by atoms with van der Waals surface area (Å²) in [6.07, 6.45) is 0. The zero-order chi connectivity index (χ0) is 20.5. The topological polar surface area (TPSA) is 85.6 Å². The van der Waals surface area contributed by atoms with Gasteiger partial charge in [-0.3, -0.25) is 4.79 Å². The van der Waals surface area contributed by atoms with Crippen molar-refractivity contribution >= 4 is 34.5 Å². The number of aromatic nitrogens is 5. The molecule has 0 radical (unpaired) electrons. The second-order valence-corrected chi connectivity index (χ2v) is 7.64. The molecule has 2 heterocycles. The molecule has 1 amide bonds. The van der Waals surface area contributed by atoms with Gasteiger partial charge in [0.15, 0.2) is 5.82 Å². The third-order valence-electron chi connectivity index (χ3n) is 4.13. The lowest BCUT2D eigenvalue weighted by molar-refractivity contribution is 0.103. The minimum absolute atomic E-state index is 0.144. The molecule has 0 saturated heterocycles. The smallest absolute Gasteiger partial charge is 0.267 e. The lowest BCUT2D eigenvalue weighted by Crippen LogP contribution is -2.12. The van der Waals surface area contributed by atoms with E-state index in [1.165, 1.54) is 34.2 Å². The molecule has 10 heteroatoms. The Morgan fingerprint density at radius 1 is 1.21 bits per heavy atom. The van der Waals surface area contributed by atoms with Crippen LogP contribution in [0.5, 0.6) is 0 Å². The Morgan fingerprint density at radius 3 is 2.76 bits per heavy atom. The summed E-state index contributed by atoms with van der Waals surface area (Å²) in [6, 6.07) is 11.5. The molecule has 4 rings (SSSR count). The van der Waals surface area contributed by atoms with Gasteiger partial charge in [0.25, 0.3) is 5.91 Å². The van der Waals surface area contributed by atoms with Crippen molar-refractivity contribution < 1.29 is 9.18 Å². The second kappa shape index (κ2) is 7.69. The fraction of sp³-hybridized carbons (Fsp3) is 0.105. The van der Waals surface area contributed by atoms with Gasteiger partial charge in [-0.1, -0.05) is 23.7 Å². The van der Waals surface area contributed by atoms with E-state index >= 15 is 0 Å². The standard InChI is InChI=1S/C19H14ClFN6OS/c1-10-17(29-19(22-10)12-4-3-5-13(20)8-12)18(28)23-14-6-7-15(21)16(9-14)27-11(2)24-25-26-27/h3-9H,1-2H3,(H,23,28). The van der Waals surface area contributed by atoms with E-state index < -0.39 is 5.82 Å². The van der Waals surface area contributed by atoms with Crippen molar-refractivity contribution in [2.45, 2.75) is 13.8 Å². The van der Waals surface area contributed by atoms with Crippen LogP contribution < -0.4 is 5.32 Å². The fourth-order valence-corrected chi connectivity index (χ4v) is 3.90. The van der Waals surface area contributed by atoms with Crippen molar-refractivity contribution in [2.24, 2.45) is 0 Å². The van der Waals surface area contributed by atoms with Crippen molar-refractivity contribution in [1.82, 2.24) is 25.2 Å². The van der Waals surface area contributed by atoms with Crippen LogP contribution in [0.25, 0.3) is 16.3 Å². The van der Waals surface area contributed by atoms with Gasteiger partial charge in [0, 0.05) is 16.3 Å². The first-order valence-corrected chi connectivity index (χ1v) is 9.71. The Morgan fingerprint density at radius 2 is 2.03 bits per heavy atom. The third kappa shape index (κ3) is 3.87. The minimum atomic E-state index is -0.504. The normalized spacial score (nSPS) is 10.9. The molecule has 2 aromatic heterocycles. The molecule has 0 fully saturated rings. The maximum Gasteiger partial charge on any atom is 0.267 e. The van der Waals surface area contributed by atoms with E-state index in [4.69, 9.17) is 11.6 Å². The lowest BCUT2D eigenvalue weighted by atomic mass is 10.2. The van der Waals surface area contributed by atoms with E-state index in [2.05, 4.69) is 25.8 Å². The van der Waals surface area contributed by atoms with Crippen LogP contribution in [0.2, 0.25) is 5.02 Å². The van der Waals surface area contributed by atoms with Crippen LogP contribution in [0.15, 0.2) is 42.5 Å². The lowest BCUT2D eigenvalue weighted by Gasteiger charge is -2.08. The zero-order valence-corrected chi connectivity index (χ0v) is 16.9. The highest BCUT2D eigenvalue weighted by atomic mass is 35.5. The number of aryl methyl sites for hydroxylation is 2. The van der Waals surface area contributed by atoms with Crippen LogP contribution in [-0.4, -0.2) is 31.1 Å². The first kappa shape index (κ1) is 19.2. The number of halogens is 2. The molecule has 29 heavy (non-hydrogen) atoms. The Kier molecular flexibility index (Phi) is 5.08. The number of tetrazole rings is 1. The SMILES string of the molecule is Cc1nc(-c2cccc(Cl)c2)sc1C(=O)Nc1ccc(F)c(-n2nnnc2C)c1. The molecule has 0 aliphatic rings. The van der Waals surface area contributed by atoms with E-state index in [9.17, 15) is 9.18 Å². The van der Waals surface area contributed by atoms with Gasteiger partial charge in [0.05, 0.1) is 5.69 Å². The van der Waals surface area contributed by atoms with Crippen molar-refractivity contribution in [3.8, 4) is 16.3 Å². The van der Waals surface area contributed by atoms with Gasteiger partial charge >= 0.3 is 0 Å². The number of nitrogens with one attached hydrogen (secondary N) is 1. The van der Waals surface area contributed by atoms with Crippen molar-refractivity contribution in [3.05, 3.63) is 69.7 Å². The number of carbonyl (C=O) groups is 1. The van der Waals surface area contributed by atoms with Crippen molar-refractivity contribution in [3.63, 3.8) is 0 Å². The summed E-state index contributed by atoms with van der Waals surface area (Å²) in [7, 11) is 0. The van der Waals surface area contributed by atoms with E-state index in [1.54, 1.807) is 26.0 Å². The summed E-state index contributed by atoms with van der Waals surface area (Å²) in [5.41, 5.74) is 1.99. The Balaban J connectivity index is 1.61. The summed E-state index contributed by atoms with van der Waals surface area (Å²) in [5.74, 6) is -0.410. The molecule has 0 spiro atoms. The first-order valence-electron chi connectivity index (χ1n) is 8.52. The molecule has 0 unspecified atom stereocenters. The average molecular weight is 429 g/mol. The number of nitrogens with zero attached hydrogens (tertiary/aromatic N) is 5. The Bertz CT molecular complexity index is 1220. The molecule has 2 aromatic carbocycles. The largest absolute Gasteiger partial charge is 0.321 e. The molecule has 7 nitrogen and oxygen atoms in total. The maximum absolute atomic E-state index is 14.2. The van der Waals surface area contributed by atoms with Crippen LogP contribution in [0, 0.1) is 19.7 Å². The highest BCUT2D eigenvalue weighted by molar-refractivity contribution is 7.17. The molecule has 0 aliphatic heterocycles. The summed E-state index contributed by atoms with van der Waals surface area (Å²) < 4.78 is 15.5. The number of hydrogen-bond donors (Lipinski definition) is 1. The highest BCUT2D eigenvalue weighted by Crippen LogP contribution is 2.30. The second-order valence-electron chi connectivity index (χ2n) is 6.20. The van der Waals surface area contributed by atoms with Crippen molar-refractivity contribution in [2.75, 3.05) is 5.32 Å². The van der Waals surface area contributed by atoms with Crippen LogP contribution in [-0.2, 0) is 0 Å². The van der Waals surface area contributed by atoms with E-state index in [0.29, 0.717) is 32.1 Å².